The lowest BCUT2D eigenvalue weighted by Gasteiger charge is -2.13. The molecule has 0 spiro atoms. The maximum Gasteiger partial charge on any atom is 0.329 e. The molecule has 4 amide bonds. The summed E-state index contributed by atoms with van der Waals surface area (Å²) in [6.45, 7) is 3.64. The molecule has 1 aliphatic rings. The number of rotatable bonds is 6. The van der Waals surface area contributed by atoms with Crippen LogP contribution in [0.3, 0.4) is 0 Å². The molecule has 1 aromatic heterocycles. The quantitative estimate of drug-likeness (QED) is 0.462. The number of urea groups is 1. The van der Waals surface area contributed by atoms with E-state index in [-0.39, 0.29) is 12.2 Å². The van der Waals surface area contributed by atoms with E-state index in [0.717, 1.165) is 33.8 Å². The fraction of sp³-hybridized carbons (Fsp3) is 0.160. The Bertz CT molecular complexity index is 1230. The molecule has 4 rings (SSSR count). The SMILES string of the molecule is CCc1ccccc1NC(=O)CN1C(=O)N/C(=C/c2cccn2-c2ccccc2C)C1=O. The topological polar surface area (TPSA) is 83.4 Å². The fourth-order valence-electron chi connectivity index (χ4n) is 3.71. The smallest absolute Gasteiger partial charge is 0.324 e. The maximum absolute atomic E-state index is 12.9. The molecular weight excluding hydrogens is 404 g/mol. The normalized spacial score (nSPS) is 14.7. The Morgan fingerprint density at radius 1 is 1.03 bits per heavy atom. The monoisotopic (exact) mass is 428 g/mol. The van der Waals surface area contributed by atoms with Crippen molar-refractivity contribution in [3.8, 4) is 5.69 Å². The lowest BCUT2D eigenvalue weighted by molar-refractivity contribution is -0.127. The van der Waals surface area contributed by atoms with Crippen LogP contribution in [0.5, 0.6) is 0 Å². The van der Waals surface area contributed by atoms with Crippen molar-refractivity contribution in [1.82, 2.24) is 14.8 Å². The van der Waals surface area contributed by atoms with Crippen molar-refractivity contribution in [3.05, 3.63) is 89.4 Å². The number of nitrogens with one attached hydrogen (secondary N) is 2. The molecule has 0 bridgehead atoms. The van der Waals surface area contributed by atoms with E-state index in [2.05, 4.69) is 10.6 Å². The summed E-state index contributed by atoms with van der Waals surface area (Å²) in [4.78, 5) is 38.7. The minimum atomic E-state index is -0.617. The largest absolute Gasteiger partial charge is 0.329 e. The number of imide groups is 1. The third-order valence-corrected chi connectivity index (χ3v) is 5.38. The molecule has 0 atom stereocenters. The molecule has 7 nitrogen and oxygen atoms in total. The van der Waals surface area contributed by atoms with Crippen LogP contribution >= 0.6 is 0 Å². The first-order valence-corrected chi connectivity index (χ1v) is 10.4. The average Bonchev–Trinajstić information content (AvgIpc) is 3.34. The average molecular weight is 428 g/mol. The van der Waals surface area contributed by atoms with Crippen LogP contribution in [0.25, 0.3) is 11.8 Å². The minimum Gasteiger partial charge on any atom is -0.324 e. The van der Waals surface area contributed by atoms with E-state index < -0.39 is 17.8 Å². The summed E-state index contributed by atoms with van der Waals surface area (Å²) >= 11 is 0. The van der Waals surface area contributed by atoms with E-state index in [9.17, 15) is 14.4 Å². The molecule has 0 saturated carbocycles. The molecule has 32 heavy (non-hydrogen) atoms. The predicted molar refractivity (Wildman–Crippen MR) is 123 cm³/mol. The number of anilines is 1. The van der Waals surface area contributed by atoms with Crippen LogP contribution in [0.15, 0.2) is 72.6 Å². The number of amides is 4. The number of aryl methyl sites for hydroxylation is 2. The number of hydrogen-bond donors (Lipinski definition) is 2. The van der Waals surface area contributed by atoms with Gasteiger partial charge in [-0.05, 0) is 54.8 Å². The summed E-state index contributed by atoms with van der Waals surface area (Å²) < 4.78 is 1.94. The summed E-state index contributed by atoms with van der Waals surface area (Å²) in [5.41, 5.74) is 4.59. The van der Waals surface area contributed by atoms with Gasteiger partial charge in [-0.1, -0.05) is 43.3 Å². The Hall–Kier alpha value is -4.13. The number of benzene rings is 2. The van der Waals surface area contributed by atoms with Crippen LogP contribution in [-0.4, -0.2) is 33.9 Å². The zero-order valence-corrected chi connectivity index (χ0v) is 18.0. The van der Waals surface area contributed by atoms with Crippen molar-refractivity contribution < 1.29 is 14.4 Å². The van der Waals surface area contributed by atoms with Crippen molar-refractivity contribution in [2.24, 2.45) is 0 Å². The van der Waals surface area contributed by atoms with Gasteiger partial charge in [-0.25, -0.2) is 9.69 Å². The van der Waals surface area contributed by atoms with E-state index in [1.807, 2.05) is 79.2 Å². The van der Waals surface area contributed by atoms with E-state index in [4.69, 9.17) is 0 Å². The van der Waals surface area contributed by atoms with Gasteiger partial charge in [0.05, 0.1) is 0 Å². The molecule has 2 heterocycles. The molecule has 1 saturated heterocycles. The van der Waals surface area contributed by atoms with Gasteiger partial charge in [-0.3, -0.25) is 9.59 Å². The number of carbonyl (C=O) groups excluding carboxylic acids is 3. The number of para-hydroxylation sites is 2. The molecule has 2 aromatic carbocycles. The Morgan fingerprint density at radius 3 is 2.56 bits per heavy atom. The Balaban J connectivity index is 1.52. The lowest BCUT2D eigenvalue weighted by Crippen LogP contribution is -2.38. The maximum atomic E-state index is 12.9. The van der Waals surface area contributed by atoms with Crippen molar-refractivity contribution in [2.75, 3.05) is 11.9 Å². The van der Waals surface area contributed by atoms with Crippen molar-refractivity contribution in [3.63, 3.8) is 0 Å². The standard InChI is InChI=1S/C25H24N4O3/c1-3-18-10-5-6-12-20(18)26-23(30)16-29-24(31)21(27-25(29)32)15-19-11-8-14-28(19)22-13-7-4-9-17(22)2/h4-15H,3,16H2,1-2H3,(H,26,30)(H,27,32)/b21-15+. The first kappa shape index (κ1) is 21.1. The molecule has 162 valence electrons. The third kappa shape index (κ3) is 4.18. The van der Waals surface area contributed by atoms with Crippen molar-refractivity contribution in [2.45, 2.75) is 20.3 Å². The van der Waals surface area contributed by atoms with Gasteiger partial charge in [0, 0.05) is 23.3 Å². The van der Waals surface area contributed by atoms with Crippen molar-refractivity contribution >= 4 is 29.6 Å². The summed E-state index contributed by atoms with van der Waals surface area (Å²) in [6.07, 6.45) is 4.27. The van der Waals surface area contributed by atoms with E-state index >= 15 is 0 Å². The van der Waals surface area contributed by atoms with Gasteiger partial charge in [0.25, 0.3) is 5.91 Å². The third-order valence-electron chi connectivity index (χ3n) is 5.38. The number of nitrogens with zero attached hydrogens (tertiary/aromatic N) is 2. The second-order valence-electron chi connectivity index (χ2n) is 7.53. The highest BCUT2D eigenvalue weighted by molar-refractivity contribution is 6.15. The molecular formula is C25H24N4O3. The summed E-state index contributed by atoms with van der Waals surface area (Å²) in [5.74, 6) is -0.967. The minimum absolute atomic E-state index is 0.130. The molecule has 0 aliphatic carbocycles. The highest BCUT2D eigenvalue weighted by atomic mass is 16.2. The van der Waals surface area contributed by atoms with Gasteiger partial charge < -0.3 is 15.2 Å². The number of aromatic nitrogens is 1. The Kier molecular flexibility index (Phi) is 5.89. The molecule has 1 fully saturated rings. The van der Waals surface area contributed by atoms with Crippen LogP contribution in [0, 0.1) is 6.92 Å². The lowest BCUT2D eigenvalue weighted by atomic mass is 10.1. The molecule has 1 aliphatic heterocycles. The van der Waals surface area contributed by atoms with Gasteiger partial charge in [0.1, 0.15) is 12.2 Å². The second kappa shape index (κ2) is 8.93. The Labute approximate surface area is 186 Å². The highest BCUT2D eigenvalue weighted by Crippen LogP contribution is 2.21. The van der Waals surface area contributed by atoms with Gasteiger partial charge >= 0.3 is 6.03 Å². The van der Waals surface area contributed by atoms with Crippen LogP contribution in [0.4, 0.5) is 10.5 Å². The van der Waals surface area contributed by atoms with Crippen LogP contribution < -0.4 is 10.6 Å². The molecule has 0 radical (unpaired) electrons. The summed E-state index contributed by atoms with van der Waals surface area (Å²) in [5, 5.41) is 5.37. The first-order chi connectivity index (χ1) is 15.5. The van der Waals surface area contributed by atoms with E-state index in [1.54, 1.807) is 12.1 Å². The van der Waals surface area contributed by atoms with E-state index in [1.165, 1.54) is 0 Å². The first-order valence-electron chi connectivity index (χ1n) is 10.4. The summed E-state index contributed by atoms with van der Waals surface area (Å²) in [6, 6.07) is 18.5. The van der Waals surface area contributed by atoms with Gasteiger partial charge in [0.2, 0.25) is 5.91 Å². The van der Waals surface area contributed by atoms with Crippen molar-refractivity contribution in [1.29, 1.82) is 0 Å². The zero-order chi connectivity index (χ0) is 22.7. The van der Waals surface area contributed by atoms with Crippen LogP contribution in [0.2, 0.25) is 0 Å². The fourth-order valence-corrected chi connectivity index (χ4v) is 3.71. The molecule has 2 N–H and O–H groups in total. The Morgan fingerprint density at radius 2 is 1.78 bits per heavy atom. The molecule has 3 aromatic rings. The van der Waals surface area contributed by atoms with Crippen LogP contribution in [0.1, 0.15) is 23.7 Å². The second-order valence-corrected chi connectivity index (χ2v) is 7.53. The van der Waals surface area contributed by atoms with E-state index in [0.29, 0.717) is 5.69 Å². The van der Waals surface area contributed by atoms with Gasteiger partial charge in [-0.2, -0.15) is 0 Å². The highest BCUT2D eigenvalue weighted by Gasteiger charge is 2.35. The van der Waals surface area contributed by atoms with Gasteiger partial charge in [0.15, 0.2) is 0 Å². The molecule has 0 unspecified atom stereocenters. The predicted octanol–water partition coefficient (Wildman–Crippen LogP) is 3.88. The number of carbonyl (C=O) groups is 3. The number of hydrogen-bond acceptors (Lipinski definition) is 3. The summed E-state index contributed by atoms with van der Waals surface area (Å²) in [7, 11) is 0. The van der Waals surface area contributed by atoms with Crippen LogP contribution in [-0.2, 0) is 16.0 Å². The zero-order valence-electron chi connectivity index (χ0n) is 18.0. The van der Waals surface area contributed by atoms with Gasteiger partial charge in [-0.15, -0.1) is 0 Å². The molecule has 7 heteroatoms.